The Labute approximate surface area is 151 Å². The van der Waals surface area contributed by atoms with Crippen molar-refractivity contribution in [1.29, 1.82) is 0 Å². The average Bonchev–Trinajstić information content (AvgIpc) is 2.43. The van der Waals surface area contributed by atoms with Crippen LogP contribution in [0, 0.1) is 13.8 Å². The van der Waals surface area contributed by atoms with E-state index in [-0.39, 0.29) is 12.0 Å². The molecule has 0 aliphatic rings. The van der Waals surface area contributed by atoms with Crippen LogP contribution in [0.5, 0.6) is 0 Å². The second kappa shape index (κ2) is 9.20. The third-order valence-corrected chi connectivity index (χ3v) is 4.86. The van der Waals surface area contributed by atoms with Crippen molar-refractivity contribution in [3.05, 3.63) is 29.3 Å². The highest BCUT2D eigenvalue weighted by molar-refractivity contribution is 7.92. The summed E-state index contributed by atoms with van der Waals surface area (Å²) in [5.74, 6) is -0.325. The lowest BCUT2D eigenvalue weighted by atomic mass is 10.1. The molecule has 0 aliphatic carbocycles. The molecule has 0 unspecified atom stereocenters. The molecule has 0 radical (unpaired) electrons. The van der Waals surface area contributed by atoms with E-state index < -0.39 is 16.1 Å². The van der Waals surface area contributed by atoms with E-state index in [9.17, 15) is 13.2 Å². The Bertz CT molecular complexity index is 666. The molecule has 1 amide bonds. The minimum absolute atomic E-state index is 0.153. The Hall–Kier alpha value is -1.60. The number of anilines is 1. The van der Waals surface area contributed by atoms with Gasteiger partial charge in [0.15, 0.2) is 0 Å². The number of hydrogen-bond acceptors (Lipinski definition) is 4. The van der Waals surface area contributed by atoms with Crippen LogP contribution in [0.3, 0.4) is 0 Å². The third kappa shape index (κ3) is 7.04. The van der Waals surface area contributed by atoms with E-state index >= 15 is 0 Å². The number of nitrogens with one attached hydrogen (secondary N) is 1. The number of rotatable bonds is 9. The topological polar surface area (TPSA) is 75.7 Å². The van der Waals surface area contributed by atoms with Gasteiger partial charge in [-0.15, -0.1) is 0 Å². The molecular weight excluding hydrogens is 340 g/mol. The van der Waals surface area contributed by atoms with E-state index in [2.05, 4.69) is 5.32 Å². The van der Waals surface area contributed by atoms with Gasteiger partial charge >= 0.3 is 0 Å². The fourth-order valence-electron chi connectivity index (χ4n) is 2.64. The lowest BCUT2D eigenvalue weighted by Crippen LogP contribution is -2.48. The van der Waals surface area contributed by atoms with Crippen molar-refractivity contribution < 1.29 is 17.9 Å². The molecule has 0 saturated carbocycles. The molecule has 0 spiro atoms. The smallest absolute Gasteiger partial charge is 0.243 e. The van der Waals surface area contributed by atoms with Crippen LogP contribution in [0.1, 0.15) is 38.3 Å². The number of ether oxygens (including phenoxy) is 1. The third-order valence-electron chi connectivity index (χ3n) is 3.62. The van der Waals surface area contributed by atoms with Crippen molar-refractivity contribution in [1.82, 2.24) is 5.32 Å². The van der Waals surface area contributed by atoms with Crippen LogP contribution in [0.25, 0.3) is 0 Å². The zero-order valence-electron chi connectivity index (χ0n) is 16.0. The van der Waals surface area contributed by atoms with Gasteiger partial charge in [0.05, 0.1) is 18.0 Å². The summed E-state index contributed by atoms with van der Waals surface area (Å²) in [6, 6.07) is 4.67. The van der Waals surface area contributed by atoms with Crippen LogP contribution in [0.15, 0.2) is 18.2 Å². The number of hydrogen-bond donors (Lipinski definition) is 1. The SMILES string of the molecule is Cc1cc(C)cc(N([C@@H](C)C(=O)NCCCOC(C)C)S(C)(=O)=O)c1. The maximum atomic E-state index is 12.4. The zero-order valence-corrected chi connectivity index (χ0v) is 16.8. The first-order chi connectivity index (χ1) is 11.5. The molecule has 0 bridgehead atoms. The first kappa shape index (κ1) is 21.4. The zero-order chi connectivity index (χ0) is 19.2. The minimum atomic E-state index is -3.59. The van der Waals surface area contributed by atoms with Gasteiger partial charge in [0.2, 0.25) is 15.9 Å². The first-order valence-electron chi connectivity index (χ1n) is 8.49. The fourth-order valence-corrected chi connectivity index (χ4v) is 3.80. The Morgan fingerprint density at radius 1 is 1.16 bits per heavy atom. The van der Waals surface area contributed by atoms with E-state index in [0.717, 1.165) is 17.4 Å². The number of amides is 1. The molecule has 25 heavy (non-hydrogen) atoms. The molecule has 0 saturated heterocycles. The number of carbonyl (C=O) groups excluding carboxylic acids is 1. The molecule has 1 aromatic rings. The van der Waals surface area contributed by atoms with Crippen LogP contribution in [0.4, 0.5) is 5.69 Å². The minimum Gasteiger partial charge on any atom is -0.379 e. The predicted octanol–water partition coefficient (Wildman–Crippen LogP) is 2.39. The van der Waals surface area contributed by atoms with Gasteiger partial charge in [0.1, 0.15) is 6.04 Å². The number of benzene rings is 1. The van der Waals surface area contributed by atoms with Gasteiger partial charge in [-0.25, -0.2) is 8.42 Å². The summed E-state index contributed by atoms with van der Waals surface area (Å²) in [6.45, 7) is 10.3. The van der Waals surface area contributed by atoms with Crippen LogP contribution in [-0.2, 0) is 19.6 Å². The summed E-state index contributed by atoms with van der Waals surface area (Å²) in [7, 11) is -3.59. The summed E-state index contributed by atoms with van der Waals surface area (Å²) in [5.41, 5.74) is 2.40. The molecule has 0 aliphatic heterocycles. The van der Waals surface area contributed by atoms with Crippen LogP contribution < -0.4 is 9.62 Å². The number of aryl methyl sites for hydroxylation is 2. The van der Waals surface area contributed by atoms with E-state index in [4.69, 9.17) is 4.74 Å². The molecule has 0 heterocycles. The number of sulfonamides is 1. The predicted molar refractivity (Wildman–Crippen MR) is 101 cm³/mol. The Balaban J connectivity index is 2.84. The van der Waals surface area contributed by atoms with Crippen molar-refractivity contribution in [2.45, 2.75) is 53.2 Å². The van der Waals surface area contributed by atoms with Gasteiger partial charge < -0.3 is 10.1 Å². The Kier molecular flexibility index (Phi) is 7.89. The Morgan fingerprint density at radius 3 is 2.20 bits per heavy atom. The standard InChI is InChI=1S/C18H30N2O4S/c1-13(2)24-9-7-8-19-18(21)16(5)20(25(6,22)23)17-11-14(3)10-15(4)12-17/h10-13,16H,7-9H2,1-6H3,(H,19,21)/t16-/m0/s1. The van der Waals surface area contributed by atoms with Gasteiger partial charge in [0, 0.05) is 13.2 Å². The lowest BCUT2D eigenvalue weighted by molar-refractivity contribution is -0.121. The number of nitrogens with zero attached hydrogens (tertiary/aromatic N) is 1. The normalized spacial score (nSPS) is 12.9. The van der Waals surface area contributed by atoms with Crippen molar-refractivity contribution in [2.24, 2.45) is 0 Å². The summed E-state index contributed by atoms with van der Waals surface area (Å²) in [6.07, 6.45) is 1.95. The van der Waals surface area contributed by atoms with Crippen molar-refractivity contribution in [2.75, 3.05) is 23.7 Å². The molecule has 0 fully saturated rings. The van der Waals surface area contributed by atoms with Crippen LogP contribution in [0.2, 0.25) is 0 Å². The van der Waals surface area contributed by atoms with Crippen molar-refractivity contribution in [3.63, 3.8) is 0 Å². The van der Waals surface area contributed by atoms with Gasteiger partial charge in [-0.2, -0.15) is 0 Å². The lowest BCUT2D eigenvalue weighted by Gasteiger charge is -2.28. The largest absolute Gasteiger partial charge is 0.379 e. The molecule has 6 nitrogen and oxygen atoms in total. The van der Waals surface area contributed by atoms with Gasteiger partial charge in [-0.05, 0) is 64.3 Å². The number of carbonyl (C=O) groups is 1. The quantitative estimate of drug-likeness (QED) is 0.677. The van der Waals surface area contributed by atoms with E-state index in [1.54, 1.807) is 19.1 Å². The summed E-state index contributed by atoms with van der Waals surface area (Å²) < 4.78 is 31.2. The molecule has 142 valence electrons. The van der Waals surface area contributed by atoms with E-state index in [1.807, 2.05) is 33.8 Å². The van der Waals surface area contributed by atoms with Gasteiger partial charge in [-0.1, -0.05) is 6.07 Å². The highest BCUT2D eigenvalue weighted by Crippen LogP contribution is 2.23. The highest BCUT2D eigenvalue weighted by Gasteiger charge is 2.29. The van der Waals surface area contributed by atoms with Gasteiger partial charge in [0.25, 0.3) is 0 Å². The first-order valence-corrected chi connectivity index (χ1v) is 10.3. The summed E-state index contributed by atoms with van der Waals surface area (Å²) >= 11 is 0. The van der Waals surface area contributed by atoms with Crippen LogP contribution in [-0.4, -0.2) is 45.9 Å². The summed E-state index contributed by atoms with van der Waals surface area (Å²) in [4.78, 5) is 12.4. The molecule has 1 aromatic carbocycles. The maximum absolute atomic E-state index is 12.4. The second-order valence-electron chi connectivity index (χ2n) is 6.64. The second-order valence-corrected chi connectivity index (χ2v) is 8.50. The maximum Gasteiger partial charge on any atom is 0.243 e. The monoisotopic (exact) mass is 370 g/mol. The molecule has 7 heteroatoms. The molecule has 1 atom stereocenters. The molecule has 1 N–H and O–H groups in total. The van der Waals surface area contributed by atoms with Crippen molar-refractivity contribution in [3.8, 4) is 0 Å². The molecule has 0 aromatic heterocycles. The average molecular weight is 371 g/mol. The van der Waals surface area contributed by atoms with Crippen LogP contribution >= 0.6 is 0 Å². The Morgan fingerprint density at radius 2 is 1.72 bits per heavy atom. The fraction of sp³-hybridized carbons (Fsp3) is 0.611. The van der Waals surface area contributed by atoms with Gasteiger partial charge in [-0.3, -0.25) is 9.10 Å². The highest BCUT2D eigenvalue weighted by atomic mass is 32.2. The van der Waals surface area contributed by atoms with Crippen molar-refractivity contribution >= 4 is 21.6 Å². The van der Waals surface area contributed by atoms with E-state index in [0.29, 0.717) is 25.3 Å². The summed E-state index contributed by atoms with van der Waals surface area (Å²) in [5, 5.41) is 2.78. The molecular formula is C18H30N2O4S. The molecule has 1 rings (SSSR count). The van der Waals surface area contributed by atoms with E-state index in [1.165, 1.54) is 4.31 Å².